The van der Waals surface area contributed by atoms with E-state index in [2.05, 4.69) is 6.58 Å². The van der Waals surface area contributed by atoms with E-state index in [9.17, 15) is 4.79 Å². The van der Waals surface area contributed by atoms with Crippen LogP contribution in [0.4, 0.5) is 0 Å². The topological polar surface area (TPSA) is 46.5 Å². The quantitative estimate of drug-likeness (QED) is 0.573. The van der Waals surface area contributed by atoms with Crippen LogP contribution < -0.4 is 0 Å². The van der Waals surface area contributed by atoms with E-state index in [1.165, 1.54) is 6.26 Å². The molecule has 3 nitrogen and oxygen atoms in total. The highest BCUT2D eigenvalue weighted by Gasteiger charge is 2.24. The van der Waals surface area contributed by atoms with Crippen LogP contribution in [0, 0.1) is 5.92 Å². The molecule has 3 heteroatoms. The average Bonchev–Trinajstić information content (AvgIpc) is 2.21. The summed E-state index contributed by atoms with van der Waals surface area (Å²) in [6, 6.07) is 0. The first-order valence-electron chi connectivity index (χ1n) is 5.33. The van der Waals surface area contributed by atoms with Crippen molar-refractivity contribution in [2.24, 2.45) is 5.92 Å². The van der Waals surface area contributed by atoms with Crippen molar-refractivity contribution in [1.82, 2.24) is 0 Å². The number of hydrogen-bond donors (Lipinski definition) is 1. The third-order valence-electron chi connectivity index (χ3n) is 2.83. The lowest BCUT2D eigenvalue weighted by Crippen LogP contribution is -2.25. The van der Waals surface area contributed by atoms with Gasteiger partial charge in [0.25, 0.3) is 0 Å². The molecule has 15 heavy (non-hydrogen) atoms. The second-order valence-electron chi connectivity index (χ2n) is 3.94. The summed E-state index contributed by atoms with van der Waals surface area (Å²) < 4.78 is 5.40. The number of carboxylic acids is 1. The minimum absolute atomic E-state index is 0.102. The van der Waals surface area contributed by atoms with Crippen LogP contribution in [0.1, 0.15) is 32.6 Å². The lowest BCUT2D eigenvalue weighted by molar-refractivity contribution is -0.132. The molecule has 2 unspecified atom stereocenters. The summed E-state index contributed by atoms with van der Waals surface area (Å²) >= 11 is 0. The largest absolute Gasteiger partial charge is 0.498 e. The molecule has 1 aliphatic carbocycles. The average molecular weight is 210 g/mol. The molecule has 84 valence electrons. The van der Waals surface area contributed by atoms with E-state index in [0.29, 0.717) is 5.57 Å². The first-order valence-corrected chi connectivity index (χ1v) is 5.33. The fourth-order valence-electron chi connectivity index (χ4n) is 2.00. The maximum atomic E-state index is 10.7. The fraction of sp³-hybridized carbons (Fsp3) is 0.583. The maximum Gasteiger partial charge on any atom is 0.330 e. The van der Waals surface area contributed by atoms with Crippen molar-refractivity contribution in [2.75, 3.05) is 0 Å². The zero-order chi connectivity index (χ0) is 11.3. The normalized spacial score (nSPS) is 27.1. The van der Waals surface area contributed by atoms with Crippen molar-refractivity contribution in [2.45, 2.75) is 38.7 Å². The smallest absolute Gasteiger partial charge is 0.330 e. The SMILES string of the molecule is C=COC1CCCCC1C=C(C)C(=O)O. The van der Waals surface area contributed by atoms with Gasteiger partial charge in [-0.2, -0.15) is 0 Å². The number of carbonyl (C=O) groups is 1. The van der Waals surface area contributed by atoms with Gasteiger partial charge in [0.2, 0.25) is 0 Å². The lowest BCUT2D eigenvalue weighted by atomic mass is 9.85. The molecule has 1 N–H and O–H groups in total. The first-order chi connectivity index (χ1) is 7.15. The Morgan fingerprint density at radius 3 is 2.73 bits per heavy atom. The third-order valence-corrected chi connectivity index (χ3v) is 2.83. The summed E-state index contributed by atoms with van der Waals surface area (Å²) in [5.41, 5.74) is 0.402. The van der Waals surface area contributed by atoms with Gasteiger partial charge in [-0.1, -0.05) is 19.1 Å². The predicted octanol–water partition coefficient (Wildman–Crippen LogP) is 2.74. The first kappa shape index (κ1) is 11.8. The summed E-state index contributed by atoms with van der Waals surface area (Å²) in [5.74, 6) is -0.634. The molecule has 0 aliphatic heterocycles. The van der Waals surface area contributed by atoms with E-state index in [4.69, 9.17) is 9.84 Å². The van der Waals surface area contributed by atoms with Gasteiger partial charge in [0.05, 0.1) is 6.26 Å². The van der Waals surface area contributed by atoms with Crippen LogP contribution in [0.3, 0.4) is 0 Å². The highest BCUT2D eigenvalue weighted by atomic mass is 16.5. The van der Waals surface area contributed by atoms with Gasteiger partial charge in [-0.25, -0.2) is 4.79 Å². The van der Waals surface area contributed by atoms with Crippen LogP contribution in [-0.2, 0) is 9.53 Å². The van der Waals surface area contributed by atoms with Gasteiger partial charge < -0.3 is 9.84 Å². The minimum atomic E-state index is -0.849. The summed E-state index contributed by atoms with van der Waals surface area (Å²) in [5, 5.41) is 8.80. The molecule has 0 radical (unpaired) electrons. The second-order valence-corrected chi connectivity index (χ2v) is 3.94. The molecule has 1 fully saturated rings. The second kappa shape index (κ2) is 5.59. The van der Waals surface area contributed by atoms with Gasteiger partial charge in [0.1, 0.15) is 6.10 Å². The molecule has 0 aromatic rings. The molecule has 0 saturated heterocycles. The van der Waals surface area contributed by atoms with E-state index >= 15 is 0 Å². The van der Waals surface area contributed by atoms with E-state index in [-0.39, 0.29) is 12.0 Å². The zero-order valence-corrected chi connectivity index (χ0v) is 9.11. The van der Waals surface area contributed by atoms with Crippen molar-refractivity contribution in [3.05, 3.63) is 24.5 Å². The lowest BCUT2D eigenvalue weighted by Gasteiger charge is -2.28. The minimum Gasteiger partial charge on any atom is -0.498 e. The number of rotatable bonds is 4. The molecule has 1 rings (SSSR count). The Balaban J connectivity index is 2.67. The summed E-state index contributed by atoms with van der Waals surface area (Å²) in [4.78, 5) is 10.7. The Hall–Kier alpha value is -1.25. The van der Waals surface area contributed by atoms with Crippen LogP contribution in [0.5, 0.6) is 0 Å². The Morgan fingerprint density at radius 1 is 1.47 bits per heavy atom. The number of carboxylic acid groups (broad SMARTS) is 1. The third kappa shape index (κ3) is 3.42. The molecular weight excluding hydrogens is 192 g/mol. The summed E-state index contributed by atoms with van der Waals surface area (Å²) in [6.07, 6.45) is 7.65. The van der Waals surface area contributed by atoms with E-state index in [1.54, 1.807) is 6.92 Å². The number of aliphatic carboxylic acids is 1. The molecular formula is C12H18O3. The van der Waals surface area contributed by atoms with Crippen LogP contribution in [0.2, 0.25) is 0 Å². The Morgan fingerprint density at radius 2 is 2.13 bits per heavy atom. The van der Waals surface area contributed by atoms with Crippen molar-refractivity contribution < 1.29 is 14.6 Å². The monoisotopic (exact) mass is 210 g/mol. The maximum absolute atomic E-state index is 10.7. The molecule has 0 aromatic heterocycles. The highest BCUT2D eigenvalue weighted by Crippen LogP contribution is 2.28. The van der Waals surface area contributed by atoms with E-state index in [0.717, 1.165) is 25.7 Å². The van der Waals surface area contributed by atoms with Crippen molar-refractivity contribution >= 4 is 5.97 Å². The molecule has 0 bridgehead atoms. The summed E-state index contributed by atoms with van der Waals surface area (Å²) in [7, 11) is 0. The van der Waals surface area contributed by atoms with Crippen molar-refractivity contribution in [3.63, 3.8) is 0 Å². The molecule has 1 aliphatic rings. The Kier molecular flexibility index (Phi) is 4.40. The zero-order valence-electron chi connectivity index (χ0n) is 9.11. The van der Waals surface area contributed by atoms with Gasteiger partial charge in [-0.15, -0.1) is 0 Å². The van der Waals surface area contributed by atoms with E-state index < -0.39 is 5.97 Å². The summed E-state index contributed by atoms with van der Waals surface area (Å²) in [6.45, 7) is 5.17. The van der Waals surface area contributed by atoms with E-state index in [1.807, 2.05) is 6.08 Å². The predicted molar refractivity (Wildman–Crippen MR) is 58.4 cm³/mol. The molecule has 0 aromatic carbocycles. The molecule has 0 amide bonds. The van der Waals surface area contributed by atoms with Crippen LogP contribution in [-0.4, -0.2) is 17.2 Å². The van der Waals surface area contributed by atoms with Gasteiger partial charge >= 0.3 is 5.97 Å². The van der Waals surface area contributed by atoms with Crippen molar-refractivity contribution in [1.29, 1.82) is 0 Å². The Bertz CT molecular complexity index is 268. The molecule has 0 heterocycles. The highest BCUT2D eigenvalue weighted by molar-refractivity contribution is 5.85. The van der Waals surface area contributed by atoms with Gasteiger partial charge in [-0.3, -0.25) is 0 Å². The fourth-order valence-corrected chi connectivity index (χ4v) is 2.00. The van der Waals surface area contributed by atoms with Gasteiger partial charge in [0.15, 0.2) is 0 Å². The van der Waals surface area contributed by atoms with Crippen LogP contribution in [0.15, 0.2) is 24.5 Å². The van der Waals surface area contributed by atoms with Crippen LogP contribution >= 0.6 is 0 Å². The number of hydrogen-bond acceptors (Lipinski definition) is 2. The van der Waals surface area contributed by atoms with Crippen LogP contribution in [0.25, 0.3) is 0 Å². The van der Waals surface area contributed by atoms with Crippen molar-refractivity contribution in [3.8, 4) is 0 Å². The van der Waals surface area contributed by atoms with Gasteiger partial charge in [0, 0.05) is 11.5 Å². The Labute approximate surface area is 90.4 Å². The molecule has 2 atom stereocenters. The number of ether oxygens (including phenoxy) is 1. The molecule has 0 spiro atoms. The van der Waals surface area contributed by atoms with Gasteiger partial charge in [-0.05, 0) is 26.2 Å². The molecule has 1 saturated carbocycles. The standard InChI is InChI=1S/C12H18O3/c1-3-15-11-7-5-4-6-10(11)8-9(2)12(13)14/h3,8,10-11H,1,4-7H2,2H3,(H,13,14).